The third-order valence-electron chi connectivity index (χ3n) is 3.76. The van der Waals surface area contributed by atoms with Gasteiger partial charge in [-0.05, 0) is 24.6 Å². The number of hydrogen-bond acceptors (Lipinski definition) is 3. The minimum atomic E-state index is -0.608. The summed E-state index contributed by atoms with van der Waals surface area (Å²) in [5.41, 5.74) is 1.94. The predicted molar refractivity (Wildman–Crippen MR) is 86.1 cm³/mol. The number of carbonyl (C=O) groups excluding carboxylic acids is 2. The molecule has 5 heteroatoms. The highest BCUT2D eigenvalue weighted by atomic mass is 16.5. The van der Waals surface area contributed by atoms with Crippen LogP contribution in [0.25, 0.3) is 0 Å². The van der Waals surface area contributed by atoms with E-state index in [2.05, 4.69) is 5.32 Å². The maximum absolute atomic E-state index is 12.4. The Morgan fingerprint density at radius 2 is 1.74 bits per heavy atom. The van der Waals surface area contributed by atoms with Gasteiger partial charge in [-0.3, -0.25) is 9.69 Å². The topological polar surface area (TPSA) is 58.6 Å². The van der Waals surface area contributed by atoms with E-state index in [0.717, 1.165) is 16.9 Å². The normalized spacial score (nSPS) is 17.3. The minimum absolute atomic E-state index is 0.224. The Morgan fingerprint density at radius 3 is 2.43 bits per heavy atom. The van der Waals surface area contributed by atoms with Crippen LogP contribution in [0.1, 0.15) is 17.2 Å². The van der Waals surface area contributed by atoms with E-state index in [4.69, 9.17) is 4.74 Å². The minimum Gasteiger partial charge on any atom is -0.492 e. The first-order valence-electron chi connectivity index (χ1n) is 7.51. The summed E-state index contributed by atoms with van der Waals surface area (Å²) in [6.45, 7) is 2.49. The molecule has 3 rings (SSSR count). The van der Waals surface area contributed by atoms with Crippen LogP contribution in [-0.2, 0) is 4.79 Å². The lowest BCUT2D eigenvalue weighted by Crippen LogP contribution is -2.34. The van der Waals surface area contributed by atoms with Crippen LogP contribution >= 0.6 is 0 Å². The molecule has 1 aliphatic rings. The monoisotopic (exact) mass is 310 g/mol. The van der Waals surface area contributed by atoms with Crippen molar-refractivity contribution in [3.63, 3.8) is 0 Å². The molecule has 0 aromatic heterocycles. The van der Waals surface area contributed by atoms with Gasteiger partial charge in [0.05, 0.1) is 6.54 Å². The van der Waals surface area contributed by atoms with E-state index in [1.165, 1.54) is 4.90 Å². The summed E-state index contributed by atoms with van der Waals surface area (Å²) in [4.78, 5) is 25.6. The highest BCUT2D eigenvalue weighted by molar-refractivity contribution is 6.04. The van der Waals surface area contributed by atoms with E-state index in [-0.39, 0.29) is 25.1 Å². The number of rotatable bonds is 5. The Bertz CT molecular complexity index is 698. The van der Waals surface area contributed by atoms with Gasteiger partial charge in [0, 0.05) is 0 Å². The van der Waals surface area contributed by atoms with Gasteiger partial charge in [-0.15, -0.1) is 0 Å². The molecule has 5 nitrogen and oxygen atoms in total. The van der Waals surface area contributed by atoms with E-state index in [1.54, 1.807) is 0 Å². The molecule has 1 N–H and O–H groups in total. The molecule has 0 saturated carbocycles. The number of nitrogens with one attached hydrogen (secondary N) is 1. The maximum atomic E-state index is 12.4. The van der Waals surface area contributed by atoms with E-state index < -0.39 is 6.04 Å². The fourth-order valence-electron chi connectivity index (χ4n) is 2.49. The average Bonchev–Trinajstić information content (AvgIpc) is 2.85. The molecule has 1 unspecified atom stereocenters. The molecule has 23 heavy (non-hydrogen) atoms. The molecule has 0 spiro atoms. The molecular weight excluding hydrogens is 292 g/mol. The van der Waals surface area contributed by atoms with E-state index in [1.807, 2.05) is 61.5 Å². The second-order valence-corrected chi connectivity index (χ2v) is 5.44. The van der Waals surface area contributed by atoms with Crippen molar-refractivity contribution in [1.82, 2.24) is 10.2 Å². The Morgan fingerprint density at radius 1 is 1.04 bits per heavy atom. The Labute approximate surface area is 134 Å². The van der Waals surface area contributed by atoms with Crippen molar-refractivity contribution < 1.29 is 14.3 Å². The number of ether oxygens (including phenoxy) is 1. The van der Waals surface area contributed by atoms with Crippen LogP contribution in [0.2, 0.25) is 0 Å². The molecule has 118 valence electrons. The molecule has 1 heterocycles. The van der Waals surface area contributed by atoms with Crippen molar-refractivity contribution in [2.24, 2.45) is 0 Å². The van der Waals surface area contributed by atoms with Gasteiger partial charge in [-0.25, -0.2) is 4.79 Å². The first-order valence-corrected chi connectivity index (χ1v) is 7.51. The van der Waals surface area contributed by atoms with Crippen molar-refractivity contribution in [2.75, 3.05) is 13.2 Å². The van der Waals surface area contributed by atoms with Gasteiger partial charge in [0.2, 0.25) is 0 Å². The average molecular weight is 310 g/mol. The zero-order chi connectivity index (χ0) is 16.2. The number of amides is 3. The number of carbonyl (C=O) groups is 2. The molecule has 2 aromatic rings. The molecular formula is C18H18N2O3. The largest absolute Gasteiger partial charge is 0.492 e. The fraction of sp³-hybridized carbons (Fsp3) is 0.222. The van der Waals surface area contributed by atoms with Gasteiger partial charge < -0.3 is 10.1 Å². The third-order valence-corrected chi connectivity index (χ3v) is 3.76. The summed E-state index contributed by atoms with van der Waals surface area (Å²) in [6, 6.07) is 15.9. The number of imide groups is 1. The van der Waals surface area contributed by atoms with Gasteiger partial charge in [-0.2, -0.15) is 0 Å². The van der Waals surface area contributed by atoms with Crippen molar-refractivity contribution in [3.8, 4) is 5.75 Å². The fourth-order valence-corrected chi connectivity index (χ4v) is 2.49. The Kier molecular flexibility index (Phi) is 4.28. The smallest absolute Gasteiger partial charge is 0.325 e. The molecule has 0 bridgehead atoms. The van der Waals surface area contributed by atoms with Crippen LogP contribution in [0.5, 0.6) is 5.75 Å². The molecule has 2 aromatic carbocycles. The molecule has 0 aliphatic carbocycles. The van der Waals surface area contributed by atoms with Crippen LogP contribution in [0.3, 0.4) is 0 Å². The molecule has 1 aliphatic heterocycles. The third kappa shape index (κ3) is 3.34. The summed E-state index contributed by atoms with van der Waals surface area (Å²) in [7, 11) is 0. The standard InChI is InChI=1S/C18H18N2O3/c1-13-7-9-15(10-8-13)23-12-11-20-17(21)16(19-18(20)22)14-5-3-2-4-6-14/h2-10,16H,11-12H2,1H3,(H,19,22). The lowest BCUT2D eigenvalue weighted by Gasteiger charge is -2.14. The lowest BCUT2D eigenvalue weighted by atomic mass is 10.1. The van der Waals surface area contributed by atoms with Crippen molar-refractivity contribution in [1.29, 1.82) is 0 Å². The summed E-state index contributed by atoms with van der Waals surface area (Å²) >= 11 is 0. The SMILES string of the molecule is Cc1ccc(OCCN2C(=O)NC(c3ccccc3)C2=O)cc1. The van der Waals surface area contributed by atoms with Gasteiger partial charge in [0.1, 0.15) is 18.4 Å². The molecule has 1 atom stereocenters. The van der Waals surface area contributed by atoms with Crippen molar-refractivity contribution >= 4 is 11.9 Å². The number of urea groups is 1. The van der Waals surface area contributed by atoms with Crippen LogP contribution in [0.4, 0.5) is 4.79 Å². The highest BCUT2D eigenvalue weighted by Crippen LogP contribution is 2.21. The van der Waals surface area contributed by atoms with Crippen LogP contribution in [0.15, 0.2) is 54.6 Å². The number of hydrogen-bond donors (Lipinski definition) is 1. The highest BCUT2D eigenvalue weighted by Gasteiger charge is 2.38. The molecule has 1 saturated heterocycles. The van der Waals surface area contributed by atoms with E-state index in [0.29, 0.717) is 0 Å². The van der Waals surface area contributed by atoms with E-state index in [9.17, 15) is 9.59 Å². The summed E-state index contributed by atoms with van der Waals surface area (Å²) in [5, 5.41) is 2.71. The van der Waals surface area contributed by atoms with Crippen LogP contribution in [0, 0.1) is 6.92 Å². The summed E-state index contributed by atoms with van der Waals surface area (Å²) < 4.78 is 5.59. The van der Waals surface area contributed by atoms with Gasteiger partial charge in [-0.1, -0.05) is 48.0 Å². The second-order valence-electron chi connectivity index (χ2n) is 5.44. The van der Waals surface area contributed by atoms with Gasteiger partial charge in [0.25, 0.3) is 5.91 Å². The number of aryl methyl sites for hydroxylation is 1. The first kappa shape index (κ1) is 15.1. The van der Waals surface area contributed by atoms with E-state index >= 15 is 0 Å². The molecule has 3 amide bonds. The zero-order valence-electron chi connectivity index (χ0n) is 12.9. The van der Waals surface area contributed by atoms with Crippen LogP contribution in [-0.4, -0.2) is 30.0 Å². The second kappa shape index (κ2) is 6.52. The van der Waals surface area contributed by atoms with Gasteiger partial charge in [0.15, 0.2) is 0 Å². The van der Waals surface area contributed by atoms with Gasteiger partial charge >= 0.3 is 6.03 Å². The quantitative estimate of drug-likeness (QED) is 0.864. The predicted octanol–water partition coefficient (Wildman–Crippen LogP) is 2.67. The Balaban J connectivity index is 1.59. The van der Waals surface area contributed by atoms with Crippen molar-refractivity contribution in [3.05, 3.63) is 65.7 Å². The summed E-state index contributed by atoms with van der Waals surface area (Å²) in [5.74, 6) is 0.482. The number of benzene rings is 2. The summed E-state index contributed by atoms with van der Waals surface area (Å²) in [6.07, 6.45) is 0. The Hall–Kier alpha value is -2.82. The zero-order valence-corrected chi connectivity index (χ0v) is 12.9. The molecule has 1 fully saturated rings. The lowest BCUT2D eigenvalue weighted by molar-refractivity contribution is -0.127. The first-order chi connectivity index (χ1) is 11.1. The van der Waals surface area contributed by atoms with Crippen LogP contribution < -0.4 is 10.1 Å². The van der Waals surface area contributed by atoms with Crippen molar-refractivity contribution in [2.45, 2.75) is 13.0 Å². The maximum Gasteiger partial charge on any atom is 0.325 e. The number of nitrogens with zero attached hydrogens (tertiary/aromatic N) is 1. The molecule has 0 radical (unpaired) electrons.